The number of carbonyl (C=O) groups excluding carboxylic acids is 1. The minimum atomic E-state index is -0.696. The molecule has 0 radical (unpaired) electrons. The second-order valence-corrected chi connectivity index (χ2v) is 9.53. The van der Waals surface area contributed by atoms with Crippen molar-refractivity contribution in [2.45, 2.75) is 58.4 Å². The second-order valence-electron chi connectivity index (χ2n) is 9.53. The van der Waals surface area contributed by atoms with Gasteiger partial charge < -0.3 is 10.4 Å². The van der Waals surface area contributed by atoms with E-state index in [2.05, 4.69) is 41.5 Å². The number of aliphatic carboxylic acids is 1. The molecule has 0 spiro atoms. The quantitative estimate of drug-likeness (QED) is 0.377. The third-order valence-electron chi connectivity index (χ3n) is 7.26. The number of carboxylic acid groups (broad SMARTS) is 1. The van der Waals surface area contributed by atoms with Crippen molar-refractivity contribution in [1.29, 1.82) is 0 Å². The van der Waals surface area contributed by atoms with E-state index in [4.69, 9.17) is 0 Å². The molecule has 2 aromatic carbocycles. The highest BCUT2D eigenvalue weighted by Gasteiger charge is 2.48. The number of aromatic nitrogens is 1. The highest BCUT2D eigenvalue weighted by atomic mass is 16.4. The van der Waals surface area contributed by atoms with Gasteiger partial charge in [-0.1, -0.05) is 43.3 Å². The van der Waals surface area contributed by atoms with Crippen LogP contribution in [0.4, 0.5) is 5.69 Å². The van der Waals surface area contributed by atoms with Crippen LogP contribution >= 0.6 is 0 Å². The molecule has 0 unspecified atom stereocenters. The largest absolute Gasteiger partial charge is 0.481 e. The molecule has 1 saturated carbocycles. The molecule has 1 heterocycles. The van der Waals surface area contributed by atoms with E-state index < -0.39 is 11.4 Å². The third kappa shape index (κ3) is 4.89. The normalized spacial score (nSPS) is 20.3. The van der Waals surface area contributed by atoms with Gasteiger partial charge >= 0.3 is 5.97 Å². The molecule has 1 fully saturated rings. The van der Waals surface area contributed by atoms with Crippen molar-refractivity contribution in [1.82, 2.24) is 4.98 Å². The van der Waals surface area contributed by atoms with Crippen LogP contribution in [0.3, 0.4) is 0 Å². The molecular weight excluding hydrogens is 424 g/mol. The molecule has 0 amide bonds. The minimum absolute atomic E-state index is 0.0559. The van der Waals surface area contributed by atoms with Gasteiger partial charge in [0.25, 0.3) is 0 Å². The van der Waals surface area contributed by atoms with Gasteiger partial charge in [-0.2, -0.15) is 0 Å². The zero-order valence-corrected chi connectivity index (χ0v) is 20.0. The summed E-state index contributed by atoms with van der Waals surface area (Å²) in [6.45, 7) is 5.92. The number of benzene rings is 2. The Labute approximate surface area is 201 Å². The van der Waals surface area contributed by atoms with Gasteiger partial charge in [-0.05, 0) is 74.1 Å². The number of nitrogens with zero attached hydrogens (tertiary/aromatic N) is 1. The average Bonchev–Trinajstić information content (AvgIpc) is 2.80. The first-order chi connectivity index (χ1) is 16.3. The number of hydrogen-bond donors (Lipinski definition) is 2. The Morgan fingerprint density at radius 3 is 2.41 bits per heavy atom. The zero-order chi connectivity index (χ0) is 24.3. The second kappa shape index (κ2) is 9.80. The number of pyridine rings is 1. The Balaban J connectivity index is 1.53. The van der Waals surface area contributed by atoms with E-state index in [0.29, 0.717) is 31.2 Å². The number of ketones is 1. The van der Waals surface area contributed by atoms with Crippen molar-refractivity contribution in [2.75, 3.05) is 5.32 Å². The summed E-state index contributed by atoms with van der Waals surface area (Å²) in [6, 6.07) is 20.2. The smallest absolute Gasteiger partial charge is 0.309 e. The molecule has 176 valence electrons. The van der Waals surface area contributed by atoms with Crippen LogP contribution in [-0.4, -0.2) is 27.9 Å². The lowest BCUT2D eigenvalue weighted by atomic mass is 9.64. The summed E-state index contributed by atoms with van der Waals surface area (Å²) in [5.41, 5.74) is 5.30. The summed E-state index contributed by atoms with van der Waals surface area (Å²) >= 11 is 0. The molecule has 5 nitrogen and oxygen atoms in total. The zero-order valence-electron chi connectivity index (χ0n) is 20.0. The Kier molecular flexibility index (Phi) is 6.82. The minimum Gasteiger partial charge on any atom is -0.481 e. The van der Waals surface area contributed by atoms with Crippen molar-refractivity contribution >= 4 is 17.4 Å². The highest BCUT2D eigenvalue weighted by Crippen LogP contribution is 2.45. The number of rotatable bonds is 9. The lowest BCUT2D eigenvalue weighted by Crippen LogP contribution is -2.49. The molecule has 1 aromatic heterocycles. The van der Waals surface area contributed by atoms with Crippen LogP contribution in [0.1, 0.15) is 71.3 Å². The molecule has 1 aliphatic carbocycles. The average molecular weight is 457 g/mol. The number of Topliss-reactive ketones (excluding diaryl/α,β-unsaturated/α-hetero) is 1. The number of carboxylic acids is 1. The van der Waals surface area contributed by atoms with Crippen molar-refractivity contribution in [2.24, 2.45) is 5.41 Å². The molecule has 4 rings (SSSR count). The molecule has 2 N–H and O–H groups in total. The topological polar surface area (TPSA) is 79.3 Å². The van der Waals surface area contributed by atoms with Gasteiger partial charge in [-0.25, -0.2) is 0 Å². The third-order valence-corrected chi connectivity index (χ3v) is 7.26. The predicted octanol–water partition coefficient (Wildman–Crippen LogP) is 6.16. The molecule has 0 aliphatic heterocycles. The number of hydrogen-bond acceptors (Lipinski definition) is 4. The predicted molar refractivity (Wildman–Crippen MR) is 134 cm³/mol. The SMILES string of the molecule is CCC1(C(=O)O)CC(Nc2ccc([C@@H](CC(=O)c3ccnc(C)c3)c3ccccc3C)cc2)C1. The maximum Gasteiger partial charge on any atom is 0.309 e. The number of aryl methyl sites for hydroxylation is 2. The maximum atomic E-state index is 13.2. The van der Waals surface area contributed by atoms with Gasteiger partial charge in [0, 0.05) is 41.5 Å². The van der Waals surface area contributed by atoms with E-state index in [1.165, 1.54) is 0 Å². The lowest BCUT2D eigenvalue weighted by Gasteiger charge is -2.44. The molecular formula is C29H32N2O3. The molecule has 34 heavy (non-hydrogen) atoms. The van der Waals surface area contributed by atoms with Crippen molar-refractivity contribution < 1.29 is 14.7 Å². The number of nitrogens with one attached hydrogen (secondary N) is 1. The van der Waals surface area contributed by atoms with Crippen molar-refractivity contribution in [3.8, 4) is 0 Å². The Bertz CT molecular complexity index is 1180. The number of anilines is 1. The summed E-state index contributed by atoms with van der Waals surface area (Å²) in [5, 5.41) is 13.0. The first-order valence-corrected chi connectivity index (χ1v) is 11.9. The molecule has 5 heteroatoms. The molecule has 3 aromatic rings. The highest BCUT2D eigenvalue weighted by molar-refractivity contribution is 5.96. The fraction of sp³-hybridized carbons (Fsp3) is 0.345. The van der Waals surface area contributed by atoms with E-state index in [0.717, 1.165) is 28.1 Å². The van der Waals surface area contributed by atoms with Crippen molar-refractivity contribution in [3.05, 3.63) is 94.8 Å². The van der Waals surface area contributed by atoms with Crippen LogP contribution in [0.15, 0.2) is 66.9 Å². The van der Waals surface area contributed by atoms with E-state index in [9.17, 15) is 14.7 Å². The summed E-state index contributed by atoms with van der Waals surface area (Å²) in [4.78, 5) is 29.0. The fourth-order valence-corrected chi connectivity index (χ4v) is 5.05. The Hall–Kier alpha value is -3.47. The van der Waals surface area contributed by atoms with Gasteiger partial charge in [0.2, 0.25) is 0 Å². The molecule has 0 saturated heterocycles. The Morgan fingerprint density at radius 1 is 1.09 bits per heavy atom. The first-order valence-electron chi connectivity index (χ1n) is 11.9. The van der Waals surface area contributed by atoms with Gasteiger partial charge in [0.15, 0.2) is 5.78 Å². The molecule has 1 aliphatic rings. The van der Waals surface area contributed by atoms with E-state index in [1.54, 1.807) is 12.3 Å². The summed E-state index contributed by atoms with van der Waals surface area (Å²) in [5.74, 6) is -0.654. The lowest BCUT2D eigenvalue weighted by molar-refractivity contribution is -0.155. The summed E-state index contributed by atoms with van der Waals surface area (Å²) in [6.07, 6.45) is 4.01. The maximum absolute atomic E-state index is 13.2. The van der Waals surface area contributed by atoms with Gasteiger partial charge in [-0.15, -0.1) is 0 Å². The van der Waals surface area contributed by atoms with Crippen LogP contribution in [0.5, 0.6) is 0 Å². The standard InChI is InChI=1S/C29H32N2O3/c1-4-29(28(33)34)17-24(18-29)31-23-11-9-21(10-12-23)26(25-8-6-5-7-19(25)2)16-27(32)22-13-14-30-20(3)15-22/h5-15,24,26,31H,4,16-18H2,1-3H3,(H,33,34)/t24?,26-,29?/m1/s1. The van der Waals surface area contributed by atoms with Crippen molar-refractivity contribution in [3.63, 3.8) is 0 Å². The fourth-order valence-electron chi connectivity index (χ4n) is 5.05. The Morgan fingerprint density at radius 2 is 1.79 bits per heavy atom. The van der Waals surface area contributed by atoms with Crippen LogP contribution in [-0.2, 0) is 4.79 Å². The summed E-state index contributed by atoms with van der Waals surface area (Å²) < 4.78 is 0. The van der Waals surface area contributed by atoms with E-state index in [-0.39, 0.29) is 17.7 Å². The van der Waals surface area contributed by atoms with Gasteiger partial charge in [0.1, 0.15) is 0 Å². The van der Waals surface area contributed by atoms with Gasteiger partial charge in [0.05, 0.1) is 5.41 Å². The van der Waals surface area contributed by atoms with Gasteiger partial charge in [-0.3, -0.25) is 14.6 Å². The van der Waals surface area contributed by atoms with E-state index >= 15 is 0 Å². The summed E-state index contributed by atoms with van der Waals surface area (Å²) in [7, 11) is 0. The molecule has 0 bridgehead atoms. The van der Waals surface area contributed by atoms with Crippen LogP contribution in [0, 0.1) is 19.3 Å². The van der Waals surface area contributed by atoms with Crippen LogP contribution in [0.25, 0.3) is 0 Å². The number of carbonyl (C=O) groups is 2. The first kappa shape index (κ1) is 23.7. The van der Waals surface area contributed by atoms with E-state index in [1.807, 2.05) is 44.2 Å². The molecule has 1 atom stereocenters. The van der Waals surface area contributed by atoms with Crippen LogP contribution < -0.4 is 5.32 Å². The monoisotopic (exact) mass is 456 g/mol. The van der Waals surface area contributed by atoms with Crippen LogP contribution in [0.2, 0.25) is 0 Å².